The first-order chi connectivity index (χ1) is 10.3. The molecule has 0 aliphatic carbocycles. The molecule has 0 aromatic carbocycles. The van der Waals surface area contributed by atoms with Gasteiger partial charge in [-0.1, -0.05) is 51.9 Å². The van der Waals surface area contributed by atoms with Gasteiger partial charge in [0.05, 0.1) is 0 Å². The van der Waals surface area contributed by atoms with Crippen molar-refractivity contribution in [1.82, 2.24) is 10.6 Å². The molecule has 1 fully saturated rings. The van der Waals surface area contributed by atoms with Gasteiger partial charge in [-0.3, -0.25) is 4.79 Å². The molecule has 0 spiro atoms. The third-order valence-corrected chi connectivity index (χ3v) is 4.53. The molecule has 3 nitrogen and oxygen atoms in total. The smallest absolute Gasteiger partial charge is 0.220 e. The Labute approximate surface area is 131 Å². The molecule has 21 heavy (non-hydrogen) atoms. The van der Waals surface area contributed by atoms with Crippen LogP contribution in [0.1, 0.15) is 84.0 Å². The van der Waals surface area contributed by atoms with Crippen LogP contribution in [0.5, 0.6) is 0 Å². The number of nitrogens with one attached hydrogen (secondary N) is 2. The fourth-order valence-corrected chi connectivity index (χ4v) is 3.08. The van der Waals surface area contributed by atoms with Crippen molar-refractivity contribution in [2.24, 2.45) is 5.92 Å². The van der Waals surface area contributed by atoms with E-state index in [2.05, 4.69) is 17.6 Å². The Balaban J connectivity index is 1.82. The van der Waals surface area contributed by atoms with Crippen LogP contribution in [0, 0.1) is 5.92 Å². The Morgan fingerprint density at radius 1 is 1.10 bits per heavy atom. The molecule has 2 N–H and O–H groups in total. The van der Waals surface area contributed by atoms with E-state index in [0.717, 1.165) is 32.5 Å². The van der Waals surface area contributed by atoms with E-state index in [1.165, 1.54) is 57.8 Å². The number of hydrogen-bond donors (Lipinski definition) is 2. The second-order valence-electron chi connectivity index (χ2n) is 6.58. The van der Waals surface area contributed by atoms with Crippen LogP contribution >= 0.6 is 0 Å². The highest BCUT2D eigenvalue weighted by atomic mass is 16.1. The molecule has 1 amide bonds. The molecule has 1 unspecified atom stereocenters. The van der Waals surface area contributed by atoms with Crippen molar-refractivity contribution in [3.63, 3.8) is 0 Å². The SMILES string of the molecule is CCCCCCCCCCNC(=O)CCC1CCCNC1. The Hall–Kier alpha value is -0.570. The molecule has 1 aliphatic heterocycles. The van der Waals surface area contributed by atoms with Gasteiger partial charge in [-0.05, 0) is 44.7 Å². The van der Waals surface area contributed by atoms with Gasteiger partial charge in [0.1, 0.15) is 0 Å². The van der Waals surface area contributed by atoms with Gasteiger partial charge in [-0.2, -0.15) is 0 Å². The number of unbranched alkanes of at least 4 members (excludes halogenated alkanes) is 7. The van der Waals surface area contributed by atoms with Crippen molar-refractivity contribution >= 4 is 5.91 Å². The lowest BCUT2D eigenvalue weighted by molar-refractivity contribution is -0.121. The monoisotopic (exact) mass is 296 g/mol. The van der Waals surface area contributed by atoms with Gasteiger partial charge in [0.15, 0.2) is 0 Å². The average molecular weight is 296 g/mol. The molecule has 0 radical (unpaired) electrons. The fraction of sp³-hybridized carbons (Fsp3) is 0.944. The van der Waals surface area contributed by atoms with Crippen molar-refractivity contribution in [3.05, 3.63) is 0 Å². The third-order valence-electron chi connectivity index (χ3n) is 4.53. The summed E-state index contributed by atoms with van der Waals surface area (Å²) in [6.07, 6.45) is 14.9. The zero-order chi connectivity index (χ0) is 15.2. The van der Waals surface area contributed by atoms with E-state index in [-0.39, 0.29) is 5.91 Å². The van der Waals surface area contributed by atoms with Crippen LogP contribution in [0.2, 0.25) is 0 Å². The molecule has 0 aromatic rings. The molecule has 1 heterocycles. The summed E-state index contributed by atoms with van der Waals surface area (Å²) in [6.45, 7) is 5.39. The Bertz CT molecular complexity index is 250. The van der Waals surface area contributed by atoms with Crippen LogP contribution in [0.15, 0.2) is 0 Å². The number of hydrogen-bond acceptors (Lipinski definition) is 2. The molecule has 124 valence electrons. The van der Waals surface area contributed by atoms with E-state index in [0.29, 0.717) is 12.3 Å². The topological polar surface area (TPSA) is 41.1 Å². The lowest BCUT2D eigenvalue weighted by Gasteiger charge is -2.22. The summed E-state index contributed by atoms with van der Waals surface area (Å²) in [5.41, 5.74) is 0. The van der Waals surface area contributed by atoms with Crippen LogP contribution in [-0.4, -0.2) is 25.5 Å². The average Bonchev–Trinajstić information content (AvgIpc) is 2.52. The van der Waals surface area contributed by atoms with Gasteiger partial charge >= 0.3 is 0 Å². The summed E-state index contributed by atoms with van der Waals surface area (Å²) < 4.78 is 0. The Kier molecular flexibility index (Phi) is 11.5. The highest BCUT2D eigenvalue weighted by Gasteiger charge is 2.13. The maximum atomic E-state index is 11.8. The zero-order valence-electron chi connectivity index (χ0n) is 14.1. The first-order valence-corrected chi connectivity index (χ1v) is 9.30. The minimum Gasteiger partial charge on any atom is -0.356 e. The summed E-state index contributed by atoms with van der Waals surface area (Å²) in [5, 5.41) is 6.49. The van der Waals surface area contributed by atoms with Gasteiger partial charge in [0.25, 0.3) is 0 Å². The second-order valence-corrected chi connectivity index (χ2v) is 6.58. The van der Waals surface area contributed by atoms with Gasteiger partial charge in [0, 0.05) is 13.0 Å². The first-order valence-electron chi connectivity index (χ1n) is 9.30. The Morgan fingerprint density at radius 2 is 1.81 bits per heavy atom. The minimum atomic E-state index is 0.253. The van der Waals surface area contributed by atoms with E-state index in [4.69, 9.17) is 0 Å². The molecule has 0 saturated carbocycles. The molecule has 1 atom stereocenters. The first kappa shape index (κ1) is 18.5. The number of rotatable bonds is 12. The quantitative estimate of drug-likeness (QED) is 0.534. The summed E-state index contributed by atoms with van der Waals surface area (Å²) >= 11 is 0. The van der Waals surface area contributed by atoms with Gasteiger partial charge in [-0.15, -0.1) is 0 Å². The maximum absolute atomic E-state index is 11.8. The summed E-state index contributed by atoms with van der Waals surface area (Å²) in [4.78, 5) is 11.8. The zero-order valence-corrected chi connectivity index (χ0v) is 14.1. The van der Waals surface area contributed by atoms with Crippen LogP contribution in [0.3, 0.4) is 0 Å². The van der Waals surface area contributed by atoms with E-state index in [1.807, 2.05) is 0 Å². The van der Waals surface area contributed by atoms with Gasteiger partial charge in [0.2, 0.25) is 5.91 Å². The lowest BCUT2D eigenvalue weighted by atomic mass is 9.94. The van der Waals surface area contributed by atoms with Crippen LogP contribution in [-0.2, 0) is 4.79 Å². The molecular weight excluding hydrogens is 260 g/mol. The lowest BCUT2D eigenvalue weighted by Crippen LogP contribution is -2.31. The molecule has 1 rings (SSSR count). The standard InChI is InChI=1S/C18H36N2O/c1-2-3-4-5-6-7-8-9-15-20-18(21)13-12-17-11-10-14-19-16-17/h17,19H,2-16H2,1H3,(H,20,21). The number of carbonyl (C=O) groups is 1. The van der Waals surface area contributed by atoms with Crippen LogP contribution < -0.4 is 10.6 Å². The summed E-state index contributed by atoms with van der Waals surface area (Å²) in [7, 11) is 0. The second kappa shape index (κ2) is 13.1. The highest BCUT2D eigenvalue weighted by Crippen LogP contribution is 2.15. The largest absolute Gasteiger partial charge is 0.356 e. The normalized spacial score (nSPS) is 18.6. The summed E-state index contributed by atoms with van der Waals surface area (Å²) in [6, 6.07) is 0. The number of amides is 1. The van der Waals surface area contributed by atoms with E-state index in [9.17, 15) is 4.79 Å². The van der Waals surface area contributed by atoms with E-state index >= 15 is 0 Å². The van der Waals surface area contributed by atoms with Crippen molar-refractivity contribution in [3.8, 4) is 0 Å². The van der Waals surface area contributed by atoms with E-state index in [1.54, 1.807) is 0 Å². The van der Waals surface area contributed by atoms with Crippen molar-refractivity contribution in [1.29, 1.82) is 0 Å². The predicted molar refractivity (Wildman–Crippen MR) is 90.4 cm³/mol. The predicted octanol–water partition coefficient (Wildman–Crippen LogP) is 4.02. The fourth-order valence-electron chi connectivity index (χ4n) is 3.08. The van der Waals surface area contributed by atoms with Gasteiger partial charge < -0.3 is 10.6 Å². The molecule has 0 aromatic heterocycles. The van der Waals surface area contributed by atoms with Gasteiger partial charge in [-0.25, -0.2) is 0 Å². The molecule has 3 heteroatoms. The minimum absolute atomic E-state index is 0.253. The van der Waals surface area contributed by atoms with E-state index < -0.39 is 0 Å². The Morgan fingerprint density at radius 3 is 2.48 bits per heavy atom. The number of piperidine rings is 1. The highest BCUT2D eigenvalue weighted by molar-refractivity contribution is 5.75. The summed E-state index contributed by atoms with van der Waals surface area (Å²) in [5.74, 6) is 0.969. The van der Waals surface area contributed by atoms with Crippen molar-refractivity contribution in [2.45, 2.75) is 84.0 Å². The molecule has 0 bridgehead atoms. The molecule has 1 aliphatic rings. The third kappa shape index (κ3) is 10.8. The van der Waals surface area contributed by atoms with Crippen molar-refractivity contribution < 1.29 is 4.79 Å². The molecular formula is C18H36N2O. The van der Waals surface area contributed by atoms with Crippen LogP contribution in [0.25, 0.3) is 0 Å². The number of carbonyl (C=O) groups excluding carboxylic acids is 1. The maximum Gasteiger partial charge on any atom is 0.220 e. The van der Waals surface area contributed by atoms with Crippen molar-refractivity contribution in [2.75, 3.05) is 19.6 Å². The van der Waals surface area contributed by atoms with Crippen LogP contribution in [0.4, 0.5) is 0 Å². The molecule has 1 saturated heterocycles.